The summed E-state index contributed by atoms with van der Waals surface area (Å²) < 4.78 is 33.7. The van der Waals surface area contributed by atoms with Crippen LogP contribution in [-0.2, 0) is 10.0 Å². The van der Waals surface area contributed by atoms with Crippen molar-refractivity contribution in [2.75, 3.05) is 17.1 Å². The normalized spacial score (nSPS) is 11.2. The van der Waals surface area contributed by atoms with Crippen molar-refractivity contribution in [3.8, 4) is 5.75 Å². The summed E-state index contributed by atoms with van der Waals surface area (Å²) in [6.45, 7) is 0. The lowest BCUT2D eigenvalue weighted by atomic mass is 10.1. The molecule has 0 atom stereocenters. The van der Waals surface area contributed by atoms with E-state index < -0.39 is 10.0 Å². The van der Waals surface area contributed by atoms with Gasteiger partial charge in [-0.05, 0) is 53.2 Å². The van der Waals surface area contributed by atoms with Gasteiger partial charge in [-0.3, -0.25) is 9.52 Å². The number of benzene rings is 4. The predicted octanol–water partition coefficient (Wildman–Crippen LogP) is 5.55. The summed E-state index contributed by atoms with van der Waals surface area (Å²) in [7, 11) is -2.67. The van der Waals surface area contributed by atoms with Crippen molar-refractivity contribution in [1.29, 1.82) is 0 Å². The van der Waals surface area contributed by atoms with Gasteiger partial charge in [0.15, 0.2) is 0 Å². The minimum absolute atomic E-state index is 0.128. The molecule has 0 radical (unpaired) electrons. The number of nitrogens with one attached hydrogen (secondary N) is 2. The Kier molecular flexibility index (Phi) is 6.03. The third-order valence-corrected chi connectivity index (χ3v) is 6.56. The number of ether oxygens (including phenoxy) is 1. The molecule has 0 aromatic heterocycles. The van der Waals surface area contributed by atoms with E-state index >= 15 is 0 Å². The van der Waals surface area contributed by atoms with E-state index in [1.165, 1.54) is 19.2 Å². The molecule has 0 spiro atoms. The highest BCUT2D eigenvalue weighted by Gasteiger charge is 2.22. The molecule has 0 aliphatic heterocycles. The van der Waals surface area contributed by atoms with Crippen LogP contribution in [-0.4, -0.2) is 21.4 Å². The zero-order valence-corrected chi connectivity index (χ0v) is 18.6. The summed E-state index contributed by atoms with van der Waals surface area (Å²) in [5.41, 5.74) is 1.00. The van der Waals surface area contributed by atoms with Gasteiger partial charge in [0.05, 0.1) is 17.8 Å². The molecule has 0 unspecified atom stereocenters. The SMILES string of the molecule is COc1ccc(NC(=O)c2ccc3ccccc3c2)cc1S(=O)(=O)Nc1ccccc1Cl. The Hall–Kier alpha value is -3.55. The summed E-state index contributed by atoms with van der Waals surface area (Å²) in [5, 5.41) is 4.96. The van der Waals surface area contributed by atoms with Crippen molar-refractivity contribution < 1.29 is 17.9 Å². The minimum atomic E-state index is -4.04. The number of para-hydroxylation sites is 1. The van der Waals surface area contributed by atoms with Gasteiger partial charge in [-0.2, -0.15) is 0 Å². The standard InChI is InChI=1S/C24H19ClN2O4S/c1-31-22-13-12-19(15-23(22)32(29,30)27-21-9-5-4-8-20(21)25)26-24(28)18-11-10-16-6-2-3-7-17(16)14-18/h2-15,27H,1H3,(H,26,28). The fraction of sp³-hybridized carbons (Fsp3) is 0.0417. The molecule has 1 amide bonds. The van der Waals surface area contributed by atoms with Crippen LogP contribution in [0.15, 0.2) is 89.8 Å². The lowest BCUT2D eigenvalue weighted by molar-refractivity contribution is 0.102. The number of halogens is 1. The molecule has 0 saturated carbocycles. The number of anilines is 2. The Bertz CT molecular complexity index is 1420. The maximum Gasteiger partial charge on any atom is 0.265 e. The zero-order valence-electron chi connectivity index (χ0n) is 17.0. The van der Waals surface area contributed by atoms with Crippen molar-refractivity contribution in [1.82, 2.24) is 0 Å². The zero-order chi connectivity index (χ0) is 22.7. The minimum Gasteiger partial charge on any atom is -0.495 e. The molecule has 0 fully saturated rings. The number of carbonyl (C=O) groups is 1. The van der Waals surface area contributed by atoms with Gasteiger partial charge >= 0.3 is 0 Å². The third kappa shape index (κ3) is 4.54. The second kappa shape index (κ2) is 8.90. The van der Waals surface area contributed by atoms with Crippen molar-refractivity contribution in [3.63, 3.8) is 0 Å². The number of carbonyl (C=O) groups excluding carboxylic acids is 1. The van der Waals surface area contributed by atoms with E-state index in [1.807, 2.05) is 30.3 Å². The van der Waals surface area contributed by atoms with Crippen LogP contribution >= 0.6 is 11.6 Å². The van der Waals surface area contributed by atoms with E-state index in [0.29, 0.717) is 11.3 Å². The first-order valence-electron chi connectivity index (χ1n) is 9.63. The Labute approximate surface area is 190 Å². The highest BCUT2D eigenvalue weighted by atomic mass is 35.5. The highest BCUT2D eigenvalue weighted by Crippen LogP contribution is 2.31. The number of methoxy groups -OCH3 is 1. The largest absolute Gasteiger partial charge is 0.495 e. The van der Waals surface area contributed by atoms with Crippen molar-refractivity contribution in [2.45, 2.75) is 4.90 Å². The number of amides is 1. The average molecular weight is 467 g/mol. The Morgan fingerprint density at radius 3 is 2.34 bits per heavy atom. The van der Waals surface area contributed by atoms with Crippen LogP contribution in [0.2, 0.25) is 5.02 Å². The quantitative estimate of drug-likeness (QED) is 0.390. The van der Waals surface area contributed by atoms with Crippen molar-refractivity contribution in [2.24, 2.45) is 0 Å². The first kappa shape index (κ1) is 21.7. The van der Waals surface area contributed by atoms with Gasteiger partial charge in [0, 0.05) is 11.3 Å². The first-order chi connectivity index (χ1) is 15.4. The summed E-state index contributed by atoms with van der Waals surface area (Å²) in [6.07, 6.45) is 0. The van der Waals surface area contributed by atoms with Gasteiger partial charge in [0.1, 0.15) is 10.6 Å². The van der Waals surface area contributed by atoms with Crippen LogP contribution in [0.3, 0.4) is 0 Å². The smallest absolute Gasteiger partial charge is 0.265 e. The van der Waals surface area contributed by atoms with Gasteiger partial charge in [-0.15, -0.1) is 0 Å². The van der Waals surface area contributed by atoms with Gasteiger partial charge < -0.3 is 10.1 Å². The number of sulfonamides is 1. The molecular formula is C24H19ClN2O4S. The molecule has 2 N–H and O–H groups in total. The molecule has 0 aliphatic rings. The fourth-order valence-electron chi connectivity index (χ4n) is 3.24. The molecule has 4 aromatic carbocycles. The molecule has 8 heteroatoms. The summed E-state index contributed by atoms with van der Waals surface area (Å²) in [4.78, 5) is 12.7. The first-order valence-corrected chi connectivity index (χ1v) is 11.5. The Morgan fingerprint density at radius 1 is 0.875 bits per heavy atom. The van der Waals surface area contributed by atoms with Crippen LogP contribution in [0.5, 0.6) is 5.75 Å². The molecule has 4 aromatic rings. The van der Waals surface area contributed by atoms with Gasteiger partial charge in [0.2, 0.25) is 0 Å². The molecule has 4 rings (SSSR count). The average Bonchev–Trinajstić information content (AvgIpc) is 2.80. The fourth-order valence-corrected chi connectivity index (χ4v) is 4.76. The van der Waals surface area contributed by atoms with E-state index in [1.54, 1.807) is 42.5 Å². The molecular weight excluding hydrogens is 448 g/mol. The van der Waals surface area contributed by atoms with E-state index in [2.05, 4.69) is 10.0 Å². The number of rotatable bonds is 6. The number of fused-ring (bicyclic) bond motifs is 1. The van der Waals surface area contributed by atoms with Crippen LogP contribution < -0.4 is 14.8 Å². The van der Waals surface area contributed by atoms with Crippen molar-refractivity contribution >= 4 is 49.7 Å². The van der Waals surface area contributed by atoms with Crippen molar-refractivity contribution in [3.05, 3.63) is 95.5 Å². The third-order valence-electron chi connectivity index (χ3n) is 4.84. The summed E-state index contributed by atoms with van der Waals surface area (Å²) in [6, 6.07) is 24.0. The molecule has 6 nitrogen and oxygen atoms in total. The lowest BCUT2D eigenvalue weighted by Gasteiger charge is -2.14. The molecule has 0 bridgehead atoms. The van der Waals surface area contributed by atoms with E-state index in [9.17, 15) is 13.2 Å². The lowest BCUT2D eigenvalue weighted by Crippen LogP contribution is -2.16. The van der Waals surface area contributed by atoms with Gasteiger partial charge in [-0.25, -0.2) is 8.42 Å². The van der Waals surface area contributed by atoms with Crippen LogP contribution in [0.1, 0.15) is 10.4 Å². The van der Waals surface area contributed by atoms with Gasteiger partial charge in [0.25, 0.3) is 15.9 Å². The topological polar surface area (TPSA) is 84.5 Å². The van der Waals surface area contributed by atoms with E-state index in [0.717, 1.165) is 10.8 Å². The monoisotopic (exact) mass is 466 g/mol. The summed E-state index contributed by atoms with van der Waals surface area (Å²) in [5.74, 6) is -0.225. The Morgan fingerprint density at radius 2 is 1.59 bits per heavy atom. The molecule has 32 heavy (non-hydrogen) atoms. The molecule has 0 aliphatic carbocycles. The molecule has 0 saturated heterocycles. The van der Waals surface area contributed by atoms with E-state index in [4.69, 9.17) is 16.3 Å². The van der Waals surface area contributed by atoms with E-state index in [-0.39, 0.29) is 27.3 Å². The number of hydrogen-bond acceptors (Lipinski definition) is 4. The number of hydrogen-bond donors (Lipinski definition) is 2. The van der Waals surface area contributed by atoms with Crippen LogP contribution in [0.25, 0.3) is 10.8 Å². The maximum absolute atomic E-state index is 13.0. The summed E-state index contributed by atoms with van der Waals surface area (Å²) >= 11 is 6.09. The maximum atomic E-state index is 13.0. The molecule has 162 valence electrons. The predicted molar refractivity (Wildman–Crippen MR) is 127 cm³/mol. The van der Waals surface area contributed by atoms with Crippen LogP contribution in [0, 0.1) is 0 Å². The van der Waals surface area contributed by atoms with Crippen LogP contribution in [0.4, 0.5) is 11.4 Å². The Balaban J connectivity index is 1.63. The second-order valence-electron chi connectivity index (χ2n) is 6.97. The molecule has 0 heterocycles. The highest BCUT2D eigenvalue weighted by molar-refractivity contribution is 7.92. The second-order valence-corrected chi connectivity index (χ2v) is 9.03. The van der Waals surface area contributed by atoms with Gasteiger partial charge in [-0.1, -0.05) is 54.1 Å².